The minimum Gasteiger partial charge on any atom is -0.355 e. The number of aromatic amines is 1. The first kappa shape index (κ1) is 13.6. The molecule has 0 unspecified atom stereocenters. The maximum atomic E-state index is 11.7. The van der Waals surface area contributed by atoms with Crippen molar-refractivity contribution >= 4 is 5.91 Å². The summed E-state index contributed by atoms with van der Waals surface area (Å²) in [4.78, 5) is 15.7. The molecule has 1 rings (SSSR count). The van der Waals surface area contributed by atoms with Gasteiger partial charge in [-0.15, -0.1) is 0 Å². The van der Waals surface area contributed by atoms with Gasteiger partial charge in [0.1, 0.15) is 12.2 Å². The van der Waals surface area contributed by atoms with E-state index in [1.54, 1.807) is 0 Å². The van der Waals surface area contributed by atoms with Crippen LogP contribution in [0.5, 0.6) is 0 Å². The molecular weight excluding hydrogens is 218 g/mol. The fourth-order valence-electron chi connectivity index (χ4n) is 1.32. The Labute approximate surface area is 101 Å². The summed E-state index contributed by atoms with van der Waals surface area (Å²) in [6.45, 7) is 6.45. The lowest BCUT2D eigenvalue weighted by Gasteiger charge is -2.25. The smallest absolute Gasteiger partial charge is 0.237 e. The van der Waals surface area contributed by atoms with Crippen molar-refractivity contribution in [1.29, 1.82) is 0 Å². The van der Waals surface area contributed by atoms with Gasteiger partial charge in [0, 0.05) is 13.0 Å². The Balaban J connectivity index is 2.20. The number of nitrogens with two attached hydrogens (primary N) is 1. The molecule has 1 heterocycles. The summed E-state index contributed by atoms with van der Waals surface area (Å²) < 4.78 is 0. The topological polar surface area (TPSA) is 96.7 Å². The van der Waals surface area contributed by atoms with Gasteiger partial charge in [-0.2, -0.15) is 5.10 Å². The number of carbonyl (C=O) groups is 1. The lowest BCUT2D eigenvalue weighted by molar-refractivity contribution is -0.124. The first-order valence-corrected chi connectivity index (χ1v) is 5.79. The van der Waals surface area contributed by atoms with Crippen LogP contribution in [0.4, 0.5) is 0 Å². The molecule has 1 atom stereocenters. The highest BCUT2D eigenvalue weighted by atomic mass is 16.2. The third-order valence-electron chi connectivity index (χ3n) is 2.57. The summed E-state index contributed by atoms with van der Waals surface area (Å²) in [5, 5.41) is 9.35. The standard InChI is InChI=1S/C11H21N5O/c1-11(2,3)9(12)10(17)13-6-4-5-8-14-7-15-16-8/h7,9H,4-6,12H2,1-3H3,(H,13,17)(H,14,15,16)/t9-/m0/s1. The Bertz CT molecular complexity index is 341. The minimum atomic E-state index is -0.479. The quantitative estimate of drug-likeness (QED) is 0.641. The average Bonchev–Trinajstić information content (AvgIpc) is 2.74. The molecule has 6 nitrogen and oxygen atoms in total. The van der Waals surface area contributed by atoms with E-state index in [0.717, 1.165) is 18.7 Å². The maximum Gasteiger partial charge on any atom is 0.237 e. The van der Waals surface area contributed by atoms with Crippen molar-refractivity contribution in [3.05, 3.63) is 12.2 Å². The fraction of sp³-hybridized carbons (Fsp3) is 0.727. The Morgan fingerprint density at radius 1 is 1.59 bits per heavy atom. The number of aromatic nitrogens is 3. The van der Waals surface area contributed by atoms with Crippen LogP contribution in [0, 0.1) is 5.41 Å². The van der Waals surface area contributed by atoms with Gasteiger partial charge in [0.15, 0.2) is 0 Å². The summed E-state index contributed by atoms with van der Waals surface area (Å²) in [5.74, 6) is 0.731. The van der Waals surface area contributed by atoms with Gasteiger partial charge in [0.05, 0.1) is 6.04 Å². The number of rotatable bonds is 5. The number of carbonyl (C=O) groups excluding carboxylic acids is 1. The lowest BCUT2D eigenvalue weighted by atomic mass is 9.87. The van der Waals surface area contributed by atoms with Crippen molar-refractivity contribution in [1.82, 2.24) is 20.5 Å². The predicted octanol–water partition coefficient (Wildman–Crippen LogP) is 0.227. The Morgan fingerprint density at radius 2 is 2.29 bits per heavy atom. The molecule has 1 aromatic rings. The Kier molecular flexibility index (Phi) is 4.62. The molecular formula is C11H21N5O. The van der Waals surface area contributed by atoms with E-state index < -0.39 is 6.04 Å². The summed E-state index contributed by atoms with van der Waals surface area (Å²) in [7, 11) is 0. The molecule has 0 radical (unpaired) electrons. The van der Waals surface area contributed by atoms with E-state index in [2.05, 4.69) is 20.5 Å². The van der Waals surface area contributed by atoms with Crippen LogP contribution < -0.4 is 11.1 Å². The van der Waals surface area contributed by atoms with Crippen molar-refractivity contribution in [3.8, 4) is 0 Å². The van der Waals surface area contributed by atoms with Gasteiger partial charge in [0.25, 0.3) is 0 Å². The molecule has 0 bridgehead atoms. The molecule has 0 saturated carbocycles. The molecule has 6 heteroatoms. The highest BCUT2D eigenvalue weighted by molar-refractivity contribution is 5.82. The molecule has 0 aliphatic rings. The first-order chi connectivity index (χ1) is 7.91. The summed E-state index contributed by atoms with van der Waals surface area (Å²) >= 11 is 0. The molecule has 0 saturated heterocycles. The van der Waals surface area contributed by atoms with E-state index in [0.29, 0.717) is 6.54 Å². The van der Waals surface area contributed by atoms with E-state index in [1.807, 2.05) is 20.8 Å². The normalized spacial score (nSPS) is 13.4. The second-order valence-corrected chi connectivity index (χ2v) is 5.17. The Morgan fingerprint density at radius 3 is 2.82 bits per heavy atom. The van der Waals surface area contributed by atoms with Crippen molar-refractivity contribution in [3.63, 3.8) is 0 Å². The summed E-state index contributed by atoms with van der Waals surface area (Å²) in [6, 6.07) is -0.479. The molecule has 1 amide bonds. The van der Waals surface area contributed by atoms with Crippen LogP contribution in [0.25, 0.3) is 0 Å². The highest BCUT2D eigenvalue weighted by Gasteiger charge is 2.26. The van der Waals surface area contributed by atoms with E-state index in [9.17, 15) is 4.79 Å². The number of aryl methyl sites for hydroxylation is 1. The molecule has 17 heavy (non-hydrogen) atoms. The summed E-state index contributed by atoms with van der Waals surface area (Å²) in [5.41, 5.74) is 5.62. The van der Waals surface area contributed by atoms with Crippen LogP contribution in [-0.4, -0.2) is 33.7 Å². The minimum absolute atomic E-state index is 0.102. The number of nitrogens with one attached hydrogen (secondary N) is 2. The highest BCUT2D eigenvalue weighted by Crippen LogP contribution is 2.16. The third kappa shape index (κ3) is 4.52. The molecule has 96 valence electrons. The maximum absolute atomic E-state index is 11.7. The van der Waals surface area contributed by atoms with Crippen LogP contribution >= 0.6 is 0 Å². The SMILES string of the molecule is CC(C)(C)[C@@H](N)C(=O)NCCCc1ncn[nH]1. The number of hydrogen-bond donors (Lipinski definition) is 3. The van der Waals surface area contributed by atoms with Crippen molar-refractivity contribution in [2.75, 3.05) is 6.54 Å². The van der Waals surface area contributed by atoms with Crippen molar-refractivity contribution in [2.24, 2.45) is 11.1 Å². The molecule has 0 aliphatic heterocycles. The second kappa shape index (κ2) is 5.77. The van der Waals surface area contributed by atoms with Gasteiger partial charge in [-0.3, -0.25) is 9.89 Å². The Hall–Kier alpha value is -1.43. The van der Waals surface area contributed by atoms with Gasteiger partial charge >= 0.3 is 0 Å². The number of hydrogen-bond acceptors (Lipinski definition) is 4. The van der Waals surface area contributed by atoms with Gasteiger partial charge < -0.3 is 11.1 Å². The predicted molar refractivity (Wildman–Crippen MR) is 65.1 cm³/mol. The van der Waals surface area contributed by atoms with E-state index in [4.69, 9.17) is 5.73 Å². The van der Waals surface area contributed by atoms with E-state index in [-0.39, 0.29) is 11.3 Å². The van der Waals surface area contributed by atoms with Crippen LogP contribution in [-0.2, 0) is 11.2 Å². The van der Waals surface area contributed by atoms with E-state index in [1.165, 1.54) is 6.33 Å². The average molecular weight is 239 g/mol. The van der Waals surface area contributed by atoms with Crippen LogP contribution in [0.3, 0.4) is 0 Å². The molecule has 0 spiro atoms. The van der Waals surface area contributed by atoms with Gasteiger partial charge in [-0.25, -0.2) is 4.98 Å². The van der Waals surface area contributed by atoms with Crippen molar-refractivity contribution in [2.45, 2.75) is 39.7 Å². The zero-order chi connectivity index (χ0) is 12.9. The number of amides is 1. The molecule has 0 aromatic carbocycles. The van der Waals surface area contributed by atoms with E-state index >= 15 is 0 Å². The molecule has 0 fully saturated rings. The number of nitrogens with zero attached hydrogens (tertiary/aromatic N) is 2. The zero-order valence-electron chi connectivity index (χ0n) is 10.7. The molecule has 0 aliphatic carbocycles. The molecule has 4 N–H and O–H groups in total. The first-order valence-electron chi connectivity index (χ1n) is 5.79. The number of H-pyrrole nitrogens is 1. The lowest BCUT2D eigenvalue weighted by Crippen LogP contribution is -2.48. The summed E-state index contributed by atoms with van der Waals surface area (Å²) in [6.07, 6.45) is 3.06. The van der Waals surface area contributed by atoms with Crippen molar-refractivity contribution < 1.29 is 4.79 Å². The fourth-order valence-corrected chi connectivity index (χ4v) is 1.32. The largest absolute Gasteiger partial charge is 0.355 e. The second-order valence-electron chi connectivity index (χ2n) is 5.17. The molecule has 1 aromatic heterocycles. The zero-order valence-corrected chi connectivity index (χ0v) is 10.7. The van der Waals surface area contributed by atoms with Crippen LogP contribution in [0.2, 0.25) is 0 Å². The third-order valence-corrected chi connectivity index (χ3v) is 2.57. The van der Waals surface area contributed by atoms with Gasteiger partial charge in [-0.05, 0) is 11.8 Å². The monoisotopic (exact) mass is 239 g/mol. The van der Waals surface area contributed by atoms with Crippen LogP contribution in [0.15, 0.2) is 6.33 Å². The van der Waals surface area contributed by atoms with Gasteiger partial charge in [0.2, 0.25) is 5.91 Å². The van der Waals surface area contributed by atoms with Crippen LogP contribution in [0.1, 0.15) is 33.0 Å². The van der Waals surface area contributed by atoms with Gasteiger partial charge in [-0.1, -0.05) is 20.8 Å².